The van der Waals surface area contributed by atoms with E-state index < -0.39 is 0 Å². The standard InChI is InChI=1S/C18H22N4O5/c1-26-12-3-5-15(27-2)13(11-12)17(24)21-7-9-22(10-8-21)18(25)14-4-6-16(23)20-19-14/h3,5,11H,4,6-10H2,1-2H3,(H,20,23). The summed E-state index contributed by atoms with van der Waals surface area (Å²) in [5, 5.41) is 3.84. The summed E-state index contributed by atoms with van der Waals surface area (Å²) in [6.07, 6.45) is 0.601. The molecule has 9 heteroatoms. The Morgan fingerprint density at radius 3 is 2.22 bits per heavy atom. The molecule has 3 amide bonds. The minimum absolute atomic E-state index is 0.167. The number of hydrazone groups is 1. The van der Waals surface area contributed by atoms with Crippen molar-refractivity contribution in [3.63, 3.8) is 0 Å². The number of hydrogen-bond donors (Lipinski definition) is 1. The fraction of sp³-hybridized carbons (Fsp3) is 0.444. The van der Waals surface area contributed by atoms with E-state index in [0.717, 1.165) is 0 Å². The van der Waals surface area contributed by atoms with E-state index in [-0.39, 0.29) is 24.1 Å². The number of nitrogens with zero attached hydrogens (tertiary/aromatic N) is 3. The minimum atomic E-state index is -0.193. The summed E-state index contributed by atoms with van der Waals surface area (Å²) >= 11 is 0. The topological polar surface area (TPSA) is 101 Å². The second kappa shape index (κ2) is 8.07. The van der Waals surface area contributed by atoms with Crippen molar-refractivity contribution in [1.29, 1.82) is 0 Å². The van der Waals surface area contributed by atoms with Crippen LogP contribution in [-0.2, 0) is 9.59 Å². The molecule has 1 saturated heterocycles. The van der Waals surface area contributed by atoms with Crippen LogP contribution in [0.2, 0.25) is 0 Å². The van der Waals surface area contributed by atoms with Crippen molar-refractivity contribution in [1.82, 2.24) is 15.2 Å². The highest BCUT2D eigenvalue weighted by molar-refractivity contribution is 6.39. The molecule has 0 aliphatic carbocycles. The van der Waals surface area contributed by atoms with E-state index in [1.165, 1.54) is 14.2 Å². The Morgan fingerprint density at radius 1 is 1.00 bits per heavy atom. The van der Waals surface area contributed by atoms with Gasteiger partial charge in [0.1, 0.15) is 17.2 Å². The van der Waals surface area contributed by atoms with Gasteiger partial charge >= 0.3 is 0 Å². The number of amides is 3. The highest BCUT2D eigenvalue weighted by Gasteiger charge is 2.29. The molecule has 0 atom stereocenters. The third-order valence-electron chi connectivity index (χ3n) is 4.64. The first-order chi connectivity index (χ1) is 13.0. The number of benzene rings is 1. The Labute approximate surface area is 156 Å². The van der Waals surface area contributed by atoms with Gasteiger partial charge in [0.05, 0.1) is 19.8 Å². The highest BCUT2D eigenvalue weighted by atomic mass is 16.5. The van der Waals surface area contributed by atoms with E-state index in [1.54, 1.807) is 28.0 Å². The van der Waals surface area contributed by atoms with Crippen LogP contribution in [0, 0.1) is 0 Å². The second-order valence-corrected chi connectivity index (χ2v) is 6.24. The fourth-order valence-corrected chi connectivity index (χ4v) is 3.08. The first-order valence-corrected chi connectivity index (χ1v) is 8.69. The Morgan fingerprint density at radius 2 is 1.67 bits per heavy atom. The van der Waals surface area contributed by atoms with Crippen molar-refractivity contribution in [3.8, 4) is 11.5 Å². The molecule has 0 spiro atoms. The summed E-state index contributed by atoms with van der Waals surface area (Å²) in [4.78, 5) is 39.9. The van der Waals surface area contributed by atoms with Crippen molar-refractivity contribution in [3.05, 3.63) is 23.8 Å². The zero-order valence-corrected chi connectivity index (χ0v) is 15.4. The van der Waals surface area contributed by atoms with Crippen LogP contribution in [-0.4, -0.2) is 73.6 Å². The third kappa shape index (κ3) is 4.02. The lowest BCUT2D eigenvalue weighted by Crippen LogP contribution is -2.52. The molecular weight excluding hydrogens is 352 g/mol. The molecule has 9 nitrogen and oxygen atoms in total. The molecule has 3 rings (SSSR count). The highest BCUT2D eigenvalue weighted by Crippen LogP contribution is 2.25. The summed E-state index contributed by atoms with van der Waals surface area (Å²) in [5.74, 6) is 0.507. The molecule has 2 aliphatic rings. The Kier molecular flexibility index (Phi) is 5.58. The van der Waals surface area contributed by atoms with E-state index in [1.807, 2.05) is 0 Å². The molecule has 2 aliphatic heterocycles. The summed E-state index contributed by atoms with van der Waals surface area (Å²) in [7, 11) is 3.05. The number of carbonyl (C=O) groups is 3. The minimum Gasteiger partial charge on any atom is -0.497 e. The third-order valence-corrected chi connectivity index (χ3v) is 4.64. The van der Waals surface area contributed by atoms with E-state index in [4.69, 9.17) is 9.47 Å². The van der Waals surface area contributed by atoms with Crippen LogP contribution in [0.25, 0.3) is 0 Å². The number of hydrogen-bond acceptors (Lipinski definition) is 6. The normalized spacial score (nSPS) is 17.1. The smallest absolute Gasteiger partial charge is 0.270 e. The average molecular weight is 374 g/mol. The van der Waals surface area contributed by atoms with E-state index in [9.17, 15) is 14.4 Å². The molecule has 0 saturated carbocycles. The maximum absolute atomic E-state index is 12.9. The SMILES string of the molecule is COc1ccc(OC)c(C(=O)N2CCN(C(=O)C3=NNC(=O)CC3)CC2)c1. The Balaban J connectivity index is 1.64. The summed E-state index contributed by atoms with van der Waals surface area (Å²) < 4.78 is 10.5. The number of piperazine rings is 1. The second-order valence-electron chi connectivity index (χ2n) is 6.24. The van der Waals surface area contributed by atoms with Crippen LogP contribution >= 0.6 is 0 Å². The molecule has 1 N–H and O–H groups in total. The van der Waals surface area contributed by atoms with Crippen molar-refractivity contribution in [2.24, 2.45) is 5.10 Å². The van der Waals surface area contributed by atoms with Crippen molar-refractivity contribution >= 4 is 23.4 Å². The van der Waals surface area contributed by atoms with Gasteiger partial charge in [-0.05, 0) is 18.2 Å². The molecule has 0 radical (unpaired) electrons. The summed E-state index contributed by atoms with van der Waals surface area (Å²) in [6.45, 7) is 1.63. The van der Waals surface area contributed by atoms with Gasteiger partial charge in [-0.2, -0.15) is 5.10 Å². The van der Waals surface area contributed by atoms with Gasteiger partial charge in [0.15, 0.2) is 0 Å². The zero-order chi connectivity index (χ0) is 19.4. The zero-order valence-electron chi connectivity index (χ0n) is 15.4. The molecule has 144 valence electrons. The van der Waals surface area contributed by atoms with Crippen LogP contribution in [0.15, 0.2) is 23.3 Å². The lowest BCUT2D eigenvalue weighted by atomic mass is 10.1. The van der Waals surface area contributed by atoms with Gasteiger partial charge in [0, 0.05) is 39.0 Å². The Bertz CT molecular complexity index is 784. The van der Waals surface area contributed by atoms with E-state index in [0.29, 0.717) is 55.4 Å². The maximum Gasteiger partial charge on any atom is 0.270 e. The molecule has 0 aromatic heterocycles. The molecule has 0 bridgehead atoms. The van der Waals surface area contributed by atoms with Gasteiger partial charge in [-0.15, -0.1) is 0 Å². The van der Waals surface area contributed by atoms with Crippen LogP contribution in [0.3, 0.4) is 0 Å². The van der Waals surface area contributed by atoms with Gasteiger partial charge < -0.3 is 19.3 Å². The summed E-state index contributed by atoms with van der Waals surface area (Å²) in [5.41, 5.74) is 3.11. The van der Waals surface area contributed by atoms with Crippen molar-refractivity contribution in [2.45, 2.75) is 12.8 Å². The van der Waals surface area contributed by atoms with Crippen molar-refractivity contribution in [2.75, 3.05) is 40.4 Å². The average Bonchev–Trinajstić information content (AvgIpc) is 2.73. The predicted octanol–water partition coefficient (Wildman–Crippen LogP) is 0.254. The van der Waals surface area contributed by atoms with Crippen LogP contribution in [0.4, 0.5) is 0 Å². The number of nitrogens with one attached hydrogen (secondary N) is 1. The van der Waals surface area contributed by atoms with Gasteiger partial charge in [-0.1, -0.05) is 0 Å². The summed E-state index contributed by atoms with van der Waals surface area (Å²) in [6, 6.07) is 5.08. The number of rotatable bonds is 4. The van der Waals surface area contributed by atoms with E-state index >= 15 is 0 Å². The molecular formula is C18H22N4O5. The van der Waals surface area contributed by atoms with Gasteiger partial charge in [-0.25, -0.2) is 5.43 Å². The first kappa shape index (κ1) is 18.7. The molecule has 1 fully saturated rings. The molecule has 2 heterocycles. The van der Waals surface area contributed by atoms with Crippen molar-refractivity contribution < 1.29 is 23.9 Å². The van der Waals surface area contributed by atoms with E-state index in [2.05, 4.69) is 10.5 Å². The molecule has 0 unspecified atom stereocenters. The number of ether oxygens (including phenoxy) is 2. The fourth-order valence-electron chi connectivity index (χ4n) is 3.08. The number of methoxy groups -OCH3 is 2. The monoisotopic (exact) mass is 374 g/mol. The van der Waals surface area contributed by atoms with Gasteiger partial charge in [0.25, 0.3) is 11.8 Å². The van der Waals surface area contributed by atoms with Gasteiger partial charge in [0.2, 0.25) is 5.91 Å². The Hall–Kier alpha value is -3.10. The molecule has 1 aromatic rings. The lowest BCUT2D eigenvalue weighted by Gasteiger charge is -2.35. The molecule has 27 heavy (non-hydrogen) atoms. The predicted molar refractivity (Wildman–Crippen MR) is 96.8 cm³/mol. The maximum atomic E-state index is 12.9. The largest absolute Gasteiger partial charge is 0.497 e. The number of carbonyl (C=O) groups excluding carboxylic acids is 3. The van der Waals surface area contributed by atoms with Crippen LogP contribution in [0.5, 0.6) is 11.5 Å². The molecule has 1 aromatic carbocycles. The van der Waals surface area contributed by atoms with Crippen LogP contribution in [0.1, 0.15) is 23.2 Å². The quantitative estimate of drug-likeness (QED) is 0.815. The lowest BCUT2D eigenvalue weighted by molar-refractivity contribution is -0.126. The van der Waals surface area contributed by atoms with Gasteiger partial charge in [-0.3, -0.25) is 14.4 Å². The first-order valence-electron chi connectivity index (χ1n) is 8.69. The van der Waals surface area contributed by atoms with Crippen LogP contribution < -0.4 is 14.9 Å².